The van der Waals surface area contributed by atoms with Gasteiger partial charge in [-0.1, -0.05) is 30.3 Å². The maximum atomic E-state index is 13.5. The molecular weight excluding hydrogens is 281 g/mol. The second kappa shape index (κ2) is 6.63. The second-order valence-corrected chi connectivity index (χ2v) is 6.94. The first kappa shape index (κ1) is 14.6. The van der Waals surface area contributed by atoms with Gasteiger partial charge >= 0.3 is 0 Å². The second-order valence-electron chi connectivity index (χ2n) is 5.60. The average Bonchev–Trinajstić information content (AvgIpc) is 2.89. The highest BCUT2D eigenvalue weighted by molar-refractivity contribution is 8.00. The lowest BCUT2D eigenvalue weighted by molar-refractivity contribution is 0.563. The first-order chi connectivity index (χ1) is 10.3. The molecule has 110 valence electrons. The molecule has 2 atom stereocenters. The predicted molar refractivity (Wildman–Crippen MR) is 87.5 cm³/mol. The van der Waals surface area contributed by atoms with Crippen LogP contribution in [0.4, 0.5) is 4.39 Å². The van der Waals surface area contributed by atoms with Gasteiger partial charge in [-0.15, -0.1) is 11.8 Å². The molecule has 0 saturated carbocycles. The van der Waals surface area contributed by atoms with Crippen molar-refractivity contribution >= 4 is 11.8 Å². The Morgan fingerprint density at radius 2 is 2.10 bits per heavy atom. The lowest BCUT2D eigenvalue weighted by Gasteiger charge is -2.20. The lowest BCUT2D eigenvalue weighted by atomic mass is 9.92. The highest BCUT2D eigenvalue weighted by Gasteiger charge is 2.25. The Morgan fingerprint density at radius 3 is 2.86 bits per heavy atom. The smallest absolute Gasteiger partial charge is 0.123 e. The van der Waals surface area contributed by atoms with Gasteiger partial charge in [-0.25, -0.2) is 4.39 Å². The van der Waals surface area contributed by atoms with Crippen LogP contribution in [0.1, 0.15) is 23.5 Å². The highest BCUT2D eigenvalue weighted by atomic mass is 32.2. The van der Waals surface area contributed by atoms with Crippen LogP contribution in [-0.2, 0) is 6.42 Å². The van der Waals surface area contributed by atoms with Gasteiger partial charge in [0.05, 0.1) is 0 Å². The number of halogens is 1. The molecule has 3 rings (SSSR count). The fourth-order valence-corrected chi connectivity index (χ4v) is 4.46. The number of nitrogens with one attached hydrogen (secondary N) is 1. The highest BCUT2D eigenvalue weighted by Crippen LogP contribution is 2.41. The van der Waals surface area contributed by atoms with Crippen LogP contribution >= 0.6 is 11.8 Å². The van der Waals surface area contributed by atoms with Crippen molar-refractivity contribution in [1.29, 1.82) is 0 Å². The van der Waals surface area contributed by atoms with Crippen LogP contribution in [0.2, 0.25) is 0 Å². The number of hydrogen-bond donors (Lipinski definition) is 1. The molecule has 0 amide bonds. The quantitative estimate of drug-likeness (QED) is 0.886. The number of benzene rings is 2. The van der Waals surface area contributed by atoms with Crippen molar-refractivity contribution in [2.45, 2.75) is 28.9 Å². The minimum atomic E-state index is -0.143. The van der Waals surface area contributed by atoms with Gasteiger partial charge in [-0.2, -0.15) is 0 Å². The van der Waals surface area contributed by atoms with Gasteiger partial charge in [0.15, 0.2) is 0 Å². The van der Waals surface area contributed by atoms with Crippen LogP contribution in [0, 0.1) is 5.82 Å². The number of thioether (sulfide) groups is 1. The Morgan fingerprint density at radius 1 is 1.24 bits per heavy atom. The van der Waals surface area contributed by atoms with E-state index in [9.17, 15) is 4.39 Å². The molecule has 0 aliphatic carbocycles. The first-order valence-electron chi connectivity index (χ1n) is 7.41. The molecule has 0 bridgehead atoms. The molecule has 2 aromatic carbocycles. The molecule has 1 nitrogen and oxygen atoms in total. The summed E-state index contributed by atoms with van der Waals surface area (Å²) in [5.74, 6) is 0.216. The minimum Gasteiger partial charge on any atom is -0.319 e. The summed E-state index contributed by atoms with van der Waals surface area (Å²) in [6, 6.07) is 15.7. The van der Waals surface area contributed by atoms with Crippen molar-refractivity contribution in [2.75, 3.05) is 13.6 Å². The van der Waals surface area contributed by atoms with Crippen LogP contribution in [0.25, 0.3) is 0 Å². The molecule has 0 radical (unpaired) electrons. The zero-order valence-corrected chi connectivity index (χ0v) is 13.0. The topological polar surface area (TPSA) is 12.0 Å². The van der Waals surface area contributed by atoms with Crippen molar-refractivity contribution in [2.24, 2.45) is 0 Å². The van der Waals surface area contributed by atoms with Gasteiger partial charge in [-0.3, -0.25) is 0 Å². The molecule has 21 heavy (non-hydrogen) atoms. The molecule has 2 aromatic rings. The molecule has 0 spiro atoms. The van der Waals surface area contributed by atoms with Crippen LogP contribution in [0.5, 0.6) is 0 Å². The Bertz CT molecular complexity index is 589. The maximum Gasteiger partial charge on any atom is 0.123 e. The van der Waals surface area contributed by atoms with Gasteiger partial charge in [0.2, 0.25) is 0 Å². The third kappa shape index (κ3) is 3.47. The molecule has 1 N–H and O–H groups in total. The standard InChI is InChI=1S/C18H20FNS/c1-20-12-15(13-6-4-7-16(19)9-13)11-17-10-14-5-2-3-8-18(14)21-17/h2-9,15,17,20H,10-12H2,1H3. The fraction of sp³-hybridized carbons (Fsp3) is 0.333. The maximum absolute atomic E-state index is 13.5. The minimum absolute atomic E-state index is 0.143. The molecule has 3 heteroatoms. The van der Waals surface area contributed by atoms with Gasteiger partial charge in [0, 0.05) is 16.7 Å². The van der Waals surface area contributed by atoms with Gasteiger partial charge in [-0.05, 0) is 55.1 Å². The number of rotatable bonds is 5. The van der Waals surface area contributed by atoms with Gasteiger partial charge < -0.3 is 5.32 Å². The number of fused-ring (bicyclic) bond motifs is 1. The molecule has 1 heterocycles. The third-order valence-corrected chi connectivity index (χ3v) is 5.38. The molecule has 1 aliphatic rings. The SMILES string of the molecule is CNCC(CC1Cc2ccccc2S1)c1cccc(F)c1. The monoisotopic (exact) mass is 301 g/mol. The van der Waals surface area contributed by atoms with E-state index >= 15 is 0 Å². The van der Waals surface area contributed by atoms with Crippen LogP contribution < -0.4 is 5.32 Å². The van der Waals surface area contributed by atoms with E-state index in [1.54, 1.807) is 6.07 Å². The summed E-state index contributed by atoms with van der Waals surface area (Å²) in [7, 11) is 1.96. The van der Waals surface area contributed by atoms with Crippen molar-refractivity contribution in [3.63, 3.8) is 0 Å². The van der Waals surface area contributed by atoms with E-state index in [1.807, 2.05) is 30.9 Å². The van der Waals surface area contributed by atoms with E-state index in [0.29, 0.717) is 11.2 Å². The summed E-state index contributed by atoms with van der Waals surface area (Å²) < 4.78 is 13.5. The van der Waals surface area contributed by atoms with Crippen LogP contribution in [0.15, 0.2) is 53.4 Å². The normalized spacial score (nSPS) is 18.5. The van der Waals surface area contributed by atoms with E-state index in [4.69, 9.17) is 0 Å². The van der Waals surface area contributed by atoms with Crippen molar-refractivity contribution in [1.82, 2.24) is 5.32 Å². The lowest BCUT2D eigenvalue weighted by Crippen LogP contribution is -2.21. The average molecular weight is 301 g/mol. The van der Waals surface area contributed by atoms with E-state index in [1.165, 1.54) is 16.5 Å². The fourth-order valence-electron chi connectivity index (χ4n) is 3.05. The molecule has 0 saturated heterocycles. The summed E-state index contributed by atoms with van der Waals surface area (Å²) in [5, 5.41) is 3.84. The Labute approximate surface area is 130 Å². The van der Waals surface area contributed by atoms with E-state index in [2.05, 4.69) is 29.6 Å². The van der Waals surface area contributed by atoms with Gasteiger partial charge in [0.1, 0.15) is 5.82 Å². The molecule has 0 fully saturated rings. The molecule has 1 aliphatic heterocycles. The molecule has 0 aromatic heterocycles. The van der Waals surface area contributed by atoms with Crippen LogP contribution in [0.3, 0.4) is 0 Å². The molecular formula is C18H20FNS. The van der Waals surface area contributed by atoms with Crippen molar-refractivity contribution in [3.05, 3.63) is 65.5 Å². The van der Waals surface area contributed by atoms with E-state index in [0.717, 1.165) is 24.9 Å². The number of likely N-dealkylation sites (N-methyl/N-ethyl adjacent to an activating group) is 1. The summed E-state index contributed by atoms with van der Waals surface area (Å²) in [5.41, 5.74) is 2.55. The third-order valence-electron chi connectivity index (χ3n) is 4.03. The molecule has 2 unspecified atom stereocenters. The zero-order chi connectivity index (χ0) is 14.7. The van der Waals surface area contributed by atoms with Crippen LogP contribution in [-0.4, -0.2) is 18.8 Å². The van der Waals surface area contributed by atoms with Gasteiger partial charge in [0.25, 0.3) is 0 Å². The summed E-state index contributed by atoms with van der Waals surface area (Å²) >= 11 is 1.97. The van der Waals surface area contributed by atoms with E-state index < -0.39 is 0 Å². The first-order valence-corrected chi connectivity index (χ1v) is 8.29. The summed E-state index contributed by atoms with van der Waals surface area (Å²) in [6.07, 6.45) is 2.19. The predicted octanol–water partition coefficient (Wildman–Crippen LogP) is 4.24. The zero-order valence-electron chi connectivity index (χ0n) is 12.2. The summed E-state index contributed by atoms with van der Waals surface area (Å²) in [6.45, 7) is 0.886. The van der Waals surface area contributed by atoms with E-state index in [-0.39, 0.29) is 5.82 Å². The summed E-state index contributed by atoms with van der Waals surface area (Å²) in [4.78, 5) is 1.41. The number of hydrogen-bond acceptors (Lipinski definition) is 2. The largest absolute Gasteiger partial charge is 0.319 e. The Hall–Kier alpha value is -1.32. The Kier molecular flexibility index (Phi) is 4.61. The Balaban J connectivity index is 1.72. The van der Waals surface area contributed by atoms with Crippen molar-refractivity contribution < 1.29 is 4.39 Å². The van der Waals surface area contributed by atoms with Crippen molar-refractivity contribution in [3.8, 4) is 0 Å².